The van der Waals surface area contributed by atoms with Gasteiger partial charge >= 0.3 is 0 Å². The van der Waals surface area contributed by atoms with Gasteiger partial charge in [0.1, 0.15) is 16.2 Å². The second kappa shape index (κ2) is 4.29. The van der Waals surface area contributed by atoms with Gasteiger partial charge in [-0.1, -0.05) is 0 Å². The first-order valence-electron chi connectivity index (χ1n) is 4.93. The predicted octanol–water partition coefficient (Wildman–Crippen LogP) is 1.15. The van der Waals surface area contributed by atoms with Crippen molar-refractivity contribution < 1.29 is 8.42 Å². The van der Waals surface area contributed by atoms with Crippen molar-refractivity contribution in [3.8, 4) is 0 Å². The molecule has 1 aromatic rings. The third-order valence-electron chi connectivity index (χ3n) is 2.39. The number of anilines is 1. The highest BCUT2D eigenvalue weighted by Crippen LogP contribution is 2.18. The molecule has 0 spiro atoms. The van der Waals surface area contributed by atoms with Crippen LogP contribution in [-0.2, 0) is 9.84 Å². The van der Waals surface area contributed by atoms with E-state index in [0.29, 0.717) is 22.7 Å². The lowest BCUT2D eigenvalue weighted by Crippen LogP contribution is -2.21. The third-order valence-corrected chi connectivity index (χ3v) is 4.57. The Bertz CT molecular complexity index is 483. The standard InChI is InChI=1S/C9H12BrN3O2S/c1-6-11-8(10)4-9(12-6)13-7-2-3-16(14,15)5-7/h4,7H,2-3,5H2,1H3,(H,11,12,13). The van der Waals surface area contributed by atoms with Crippen LogP contribution in [-0.4, -0.2) is 35.9 Å². The number of nitrogens with zero attached hydrogens (tertiary/aromatic N) is 2. The van der Waals surface area contributed by atoms with Gasteiger partial charge in [-0.15, -0.1) is 0 Å². The fraction of sp³-hybridized carbons (Fsp3) is 0.556. The average Bonchev–Trinajstić information content (AvgIpc) is 2.43. The maximum Gasteiger partial charge on any atom is 0.152 e. The minimum Gasteiger partial charge on any atom is -0.366 e. The molecule has 1 fully saturated rings. The van der Waals surface area contributed by atoms with Crippen LogP contribution >= 0.6 is 15.9 Å². The Kier molecular flexibility index (Phi) is 3.16. The van der Waals surface area contributed by atoms with Crippen molar-refractivity contribution >= 4 is 31.6 Å². The number of halogens is 1. The van der Waals surface area contributed by atoms with Gasteiger partial charge in [0.25, 0.3) is 0 Å². The van der Waals surface area contributed by atoms with E-state index in [0.717, 1.165) is 0 Å². The van der Waals surface area contributed by atoms with Gasteiger partial charge in [-0.05, 0) is 29.3 Å². The molecule has 0 aliphatic carbocycles. The summed E-state index contributed by atoms with van der Waals surface area (Å²) in [6.07, 6.45) is 0.642. The molecule has 0 amide bonds. The highest BCUT2D eigenvalue weighted by atomic mass is 79.9. The zero-order valence-electron chi connectivity index (χ0n) is 8.77. The van der Waals surface area contributed by atoms with Gasteiger partial charge < -0.3 is 5.32 Å². The van der Waals surface area contributed by atoms with Crippen LogP contribution in [0.3, 0.4) is 0 Å². The summed E-state index contributed by atoms with van der Waals surface area (Å²) in [7, 11) is -2.85. The summed E-state index contributed by atoms with van der Waals surface area (Å²) in [6.45, 7) is 1.79. The van der Waals surface area contributed by atoms with Crippen LogP contribution in [0.25, 0.3) is 0 Å². The Morgan fingerprint density at radius 3 is 2.81 bits per heavy atom. The van der Waals surface area contributed by atoms with Crippen molar-refractivity contribution in [1.82, 2.24) is 9.97 Å². The zero-order chi connectivity index (χ0) is 11.8. The lowest BCUT2D eigenvalue weighted by molar-refractivity contribution is 0.602. The zero-order valence-corrected chi connectivity index (χ0v) is 11.2. The van der Waals surface area contributed by atoms with E-state index in [9.17, 15) is 8.42 Å². The molecular weight excluding hydrogens is 294 g/mol. The fourth-order valence-electron chi connectivity index (χ4n) is 1.72. The average molecular weight is 306 g/mol. The van der Waals surface area contributed by atoms with Crippen molar-refractivity contribution in [1.29, 1.82) is 0 Å². The number of aryl methyl sites for hydroxylation is 1. The summed E-state index contributed by atoms with van der Waals surface area (Å²) in [5, 5.41) is 3.12. The molecule has 7 heteroatoms. The number of aromatic nitrogens is 2. The van der Waals surface area contributed by atoms with E-state index < -0.39 is 9.84 Å². The lowest BCUT2D eigenvalue weighted by atomic mass is 10.2. The van der Waals surface area contributed by atoms with E-state index in [-0.39, 0.29) is 17.5 Å². The van der Waals surface area contributed by atoms with Crippen LogP contribution in [0.2, 0.25) is 0 Å². The molecule has 1 aromatic heterocycles. The van der Waals surface area contributed by atoms with E-state index in [1.165, 1.54) is 0 Å². The van der Waals surface area contributed by atoms with E-state index in [2.05, 4.69) is 31.2 Å². The lowest BCUT2D eigenvalue weighted by Gasteiger charge is -2.11. The van der Waals surface area contributed by atoms with Crippen LogP contribution in [0.4, 0.5) is 5.82 Å². The number of hydrogen-bond acceptors (Lipinski definition) is 5. The molecule has 1 unspecified atom stereocenters. The Hall–Kier alpha value is -0.690. The summed E-state index contributed by atoms with van der Waals surface area (Å²) in [5.74, 6) is 1.77. The predicted molar refractivity (Wildman–Crippen MR) is 65.2 cm³/mol. The Morgan fingerprint density at radius 1 is 1.50 bits per heavy atom. The molecule has 1 atom stereocenters. The van der Waals surface area contributed by atoms with E-state index in [1.807, 2.05) is 0 Å². The van der Waals surface area contributed by atoms with Crippen molar-refractivity contribution in [3.63, 3.8) is 0 Å². The molecule has 1 N–H and O–H groups in total. The largest absolute Gasteiger partial charge is 0.366 e. The number of nitrogens with one attached hydrogen (secondary N) is 1. The van der Waals surface area contributed by atoms with Gasteiger partial charge in [0.15, 0.2) is 9.84 Å². The smallest absolute Gasteiger partial charge is 0.152 e. The molecule has 88 valence electrons. The van der Waals surface area contributed by atoms with Crippen LogP contribution in [0.1, 0.15) is 12.2 Å². The molecular formula is C9H12BrN3O2S. The van der Waals surface area contributed by atoms with Crippen molar-refractivity contribution in [2.45, 2.75) is 19.4 Å². The third kappa shape index (κ3) is 2.91. The summed E-state index contributed by atoms with van der Waals surface area (Å²) in [5.41, 5.74) is 0. The van der Waals surface area contributed by atoms with Crippen LogP contribution < -0.4 is 5.32 Å². The highest BCUT2D eigenvalue weighted by Gasteiger charge is 2.27. The van der Waals surface area contributed by atoms with Crippen molar-refractivity contribution in [2.75, 3.05) is 16.8 Å². The summed E-state index contributed by atoms with van der Waals surface area (Å²) < 4.78 is 23.3. The SMILES string of the molecule is Cc1nc(Br)cc(NC2CCS(=O)(=O)C2)n1. The first kappa shape index (κ1) is 11.8. The molecule has 5 nitrogen and oxygen atoms in total. The van der Waals surface area contributed by atoms with Gasteiger partial charge in [-0.3, -0.25) is 0 Å². The molecule has 0 saturated carbocycles. The molecule has 1 aliphatic rings. The molecule has 0 radical (unpaired) electrons. The minimum absolute atomic E-state index is 0.0359. The molecule has 1 aliphatic heterocycles. The van der Waals surface area contributed by atoms with Crippen LogP contribution in [0.5, 0.6) is 0 Å². The molecule has 0 aromatic carbocycles. The Morgan fingerprint density at radius 2 is 2.25 bits per heavy atom. The maximum absolute atomic E-state index is 11.3. The summed E-state index contributed by atoms with van der Waals surface area (Å²) in [4.78, 5) is 8.28. The van der Waals surface area contributed by atoms with Gasteiger partial charge in [0.2, 0.25) is 0 Å². The van der Waals surface area contributed by atoms with Gasteiger partial charge in [-0.25, -0.2) is 18.4 Å². The Balaban J connectivity index is 2.10. The molecule has 2 heterocycles. The summed E-state index contributed by atoms with van der Waals surface area (Å²) >= 11 is 3.28. The molecule has 1 saturated heterocycles. The number of hydrogen-bond donors (Lipinski definition) is 1. The van der Waals surface area contributed by atoms with Gasteiger partial charge in [0.05, 0.1) is 11.5 Å². The van der Waals surface area contributed by atoms with Gasteiger partial charge in [-0.2, -0.15) is 0 Å². The van der Waals surface area contributed by atoms with Crippen molar-refractivity contribution in [3.05, 3.63) is 16.5 Å². The van der Waals surface area contributed by atoms with E-state index in [1.54, 1.807) is 13.0 Å². The molecule has 16 heavy (non-hydrogen) atoms. The number of sulfone groups is 1. The normalized spacial score (nSPS) is 23.2. The minimum atomic E-state index is -2.85. The maximum atomic E-state index is 11.3. The second-order valence-electron chi connectivity index (χ2n) is 3.87. The second-order valence-corrected chi connectivity index (χ2v) is 6.91. The van der Waals surface area contributed by atoms with Crippen molar-refractivity contribution in [2.24, 2.45) is 0 Å². The Labute approximate surface area is 103 Å². The van der Waals surface area contributed by atoms with E-state index in [4.69, 9.17) is 0 Å². The van der Waals surface area contributed by atoms with Crippen LogP contribution in [0.15, 0.2) is 10.7 Å². The monoisotopic (exact) mass is 305 g/mol. The van der Waals surface area contributed by atoms with Crippen LogP contribution in [0, 0.1) is 6.92 Å². The quantitative estimate of drug-likeness (QED) is 0.830. The summed E-state index contributed by atoms with van der Waals surface area (Å²) in [6, 6.07) is 1.71. The number of rotatable bonds is 2. The fourth-order valence-corrected chi connectivity index (χ4v) is 3.87. The molecule has 0 bridgehead atoms. The highest BCUT2D eigenvalue weighted by molar-refractivity contribution is 9.10. The first-order valence-corrected chi connectivity index (χ1v) is 7.54. The van der Waals surface area contributed by atoms with Gasteiger partial charge in [0, 0.05) is 12.1 Å². The topological polar surface area (TPSA) is 72.0 Å². The first-order chi connectivity index (χ1) is 7.44. The molecule has 2 rings (SSSR count). The van der Waals surface area contributed by atoms with E-state index >= 15 is 0 Å².